The van der Waals surface area contributed by atoms with Crippen molar-refractivity contribution in [2.24, 2.45) is 0 Å². The molecule has 0 bridgehead atoms. The summed E-state index contributed by atoms with van der Waals surface area (Å²) in [5.41, 5.74) is 2.37. The highest BCUT2D eigenvalue weighted by Gasteiger charge is 2.32. The highest BCUT2D eigenvalue weighted by Crippen LogP contribution is 2.38. The molecule has 2 aromatic rings. The van der Waals surface area contributed by atoms with E-state index in [4.69, 9.17) is 4.74 Å². The highest BCUT2D eigenvalue weighted by atomic mass is 19.4. The number of nitrogens with zero attached hydrogens (tertiary/aromatic N) is 1. The number of benzene rings is 2. The average molecular weight is 459 g/mol. The SMILES string of the molecule is CC(C)N1Cc2ccc(NC(=O)C=C3CCCOc4cc(C(F)(F)F)ccc43)cc2NC1=O. The molecule has 3 amide bonds. The quantitative estimate of drug-likeness (QED) is 0.583. The molecule has 4 rings (SSSR count). The molecule has 0 fully saturated rings. The van der Waals surface area contributed by atoms with Gasteiger partial charge in [-0.15, -0.1) is 0 Å². The lowest BCUT2D eigenvalue weighted by molar-refractivity contribution is -0.137. The minimum Gasteiger partial charge on any atom is -0.493 e. The first kappa shape index (κ1) is 22.7. The van der Waals surface area contributed by atoms with Crippen LogP contribution in [0.4, 0.5) is 29.3 Å². The minimum absolute atomic E-state index is 0.0581. The molecule has 2 aliphatic rings. The molecule has 0 unspecified atom stereocenters. The van der Waals surface area contributed by atoms with E-state index in [2.05, 4.69) is 10.6 Å². The molecule has 2 aliphatic heterocycles. The second-order valence-electron chi connectivity index (χ2n) is 8.34. The first-order valence-electron chi connectivity index (χ1n) is 10.7. The number of hydrogen-bond donors (Lipinski definition) is 2. The normalized spacial score (nSPS) is 17.1. The number of nitrogens with one attached hydrogen (secondary N) is 2. The smallest absolute Gasteiger partial charge is 0.416 e. The van der Waals surface area contributed by atoms with Crippen LogP contribution in [0.3, 0.4) is 0 Å². The number of fused-ring (bicyclic) bond motifs is 2. The maximum atomic E-state index is 13.1. The number of anilines is 2. The number of urea groups is 1. The fraction of sp³-hybridized carbons (Fsp3) is 0.333. The Morgan fingerprint density at radius 3 is 2.73 bits per heavy atom. The molecule has 0 aromatic heterocycles. The number of carbonyl (C=O) groups excluding carboxylic acids is 2. The van der Waals surface area contributed by atoms with Crippen molar-refractivity contribution >= 4 is 28.9 Å². The van der Waals surface area contributed by atoms with Gasteiger partial charge in [-0.25, -0.2) is 4.79 Å². The zero-order valence-electron chi connectivity index (χ0n) is 18.3. The first-order valence-corrected chi connectivity index (χ1v) is 10.7. The van der Waals surface area contributed by atoms with Crippen LogP contribution in [0, 0.1) is 0 Å². The predicted molar refractivity (Wildman–Crippen MR) is 119 cm³/mol. The third kappa shape index (κ3) is 4.97. The van der Waals surface area contributed by atoms with E-state index in [0.717, 1.165) is 17.7 Å². The van der Waals surface area contributed by atoms with Crippen molar-refractivity contribution in [2.75, 3.05) is 17.2 Å². The summed E-state index contributed by atoms with van der Waals surface area (Å²) in [4.78, 5) is 26.7. The number of alkyl halides is 3. The third-order valence-electron chi connectivity index (χ3n) is 5.65. The molecule has 174 valence electrons. The Hall–Kier alpha value is -3.49. The summed E-state index contributed by atoms with van der Waals surface area (Å²) in [5.74, 6) is -0.295. The Kier molecular flexibility index (Phi) is 6.05. The molecule has 33 heavy (non-hydrogen) atoms. The van der Waals surface area contributed by atoms with Gasteiger partial charge >= 0.3 is 12.2 Å². The maximum Gasteiger partial charge on any atom is 0.416 e. The van der Waals surface area contributed by atoms with E-state index in [0.29, 0.717) is 41.9 Å². The molecule has 0 aliphatic carbocycles. The molecule has 0 saturated heterocycles. The van der Waals surface area contributed by atoms with E-state index in [1.54, 1.807) is 17.0 Å². The van der Waals surface area contributed by atoms with Crippen LogP contribution in [-0.2, 0) is 17.5 Å². The third-order valence-corrected chi connectivity index (χ3v) is 5.65. The van der Waals surface area contributed by atoms with Crippen LogP contribution in [0.5, 0.6) is 5.75 Å². The van der Waals surface area contributed by atoms with Gasteiger partial charge in [-0.05, 0) is 62.1 Å². The zero-order chi connectivity index (χ0) is 23.8. The summed E-state index contributed by atoms with van der Waals surface area (Å²) >= 11 is 0. The fourth-order valence-electron chi connectivity index (χ4n) is 3.92. The zero-order valence-corrected chi connectivity index (χ0v) is 18.3. The first-order chi connectivity index (χ1) is 15.6. The number of ether oxygens (including phenoxy) is 1. The summed E-state index contributed by atoms with van der Waals surface area (Å²) in [7, 11) is 0. The molecule has 2 N–H and O–H groups in total. The van der Waals surface area contributed by atoms with E-state index in [1.165, 1.54) is 12.1 Å². The Bertz CT molecular complexity index is 1130. The molecule has 2 aromatic carbocycles. The summed E-state index contributed by atoms with van der Waals surface area (Å²) < 4.78 is 44.6. The van der Waals surface area contributed by atoms with E-state index in [9.17, 15) is 22.8 Å². The Morgan fingerprint density at radius 2 is 2.00 bits per heavy atom. The molecular formula is C24H24F3N3O3. The van der Waals surface area contributed by atoms with Crippen molar-refractivity contribution < 1.29 is 27.5 Å². The van der Waals surface area contributed by atoms with Crippen LogP contribution in [0.2, 0.25) is 0 Å². The van der Waals surface area contributed by atoms with Gasteiger partial charge in [-0.2, -0.15) is 13.2 Å². The number of halogens is 3. The molecule has 9 heteroatoms. The second kappa shape index (κ2) is 8.80. The van der Waals surface area contributed by atoms with Crippen molar-refractivity contribution in [2.45, 2.75) is 45.5 Å². The van der Waals surface area contributed by atoms with Crippen molar-refractivity contribution in [1.29, 1.82) is 0 Å². The highest BCUT2D eigenvalue weighted by molar-refractivity contribution is 6.05. The molecule has 0 saturated carbocycles. The monoisotopic (exact) mass is 459 g/mol. The van der Waals surface area contributed by atoms with Gasteiger partial charge in [0.15, 0.2) is 0 Å². The number of rotatable bonds is 3. The predicted octanol–water partition coefficient (Wildman–Crippen LogP) is 5.66. The fourth-order valence-corrected chi connectivity index (χ4v) is 3.92. The van der Waals surface area contributed by atoms with Gasteiger partial charge in [0.1, 0.15) is 5.75 Å². The van der Waals surface area contributed by atoms with Gasteiger partial charge in [-0.3, -0.25) is 4.79 Å². The van der Waals surface area contributed by atoms with Crippen molar-refractivity contribution in [1.82, 2.24) is 4.90 Å². The van der Waals surface area contributed by atoms with Crippen molar-refractivity contribution in [3.63, 3.8) is 0 Å². The van der Waals surface area contributed by atoms with Crippen LogP contribution in [-0.4, -0.2) is 29.5 Å². The lowest BCUT2D eigenvalue weighted by atomic mass is 9.99. The van der Waals surface area contributed by atoms with Gasteiger partial charge in [0.25, 0.3) is 0 Å². The van der Waals surface area contributed by atoms with E-state index >= 15 is 0 Å². The largest absolute Gasteiger partial charge is 0.493 e. The van der Waals surface area contributed by atoms with Gasteiger partial charge in [0, 0.05) is 35.6 Å². The standard InChI is InChI=1S/C24H24F3N3O3/c1-14(2)30-13-16-5-7-18(12-20(16)29-23(30)32)28-22(31)10-15-4-3-9-33-21-11-17(24(25,26)27)6-8-19(15)21/h5-8,10-12,14H,3-4,9,13H2,1-2H3,(H,28,31)(H,29,32). The Morgan fingerprint density at radius 1 is 1.21 bits per heavy atom. The van der Waals surface area contributed by atoms with Crippen molar-refractivity contribution in [3.05, 3.63) is 59.2 Å². The minimum atomic E-state index is -4.47. The number of amides is 3. The average Bonchev–Trinajstić information content (AvgIpc) is 2.94. The maximum absolute atomic E-state index is 13.1. The lowest BCUT2D eigenvalue weighted by Gasteiger charge is -2.32. The number of carbonyl (C=O) groups is 2. The lowest BCUT2D eigenvalue weighted by Crippen LogP contribution is -2.42. The van der Waals surface area contributed by atoms with Crippen LogP contribution < -0.4 is 15.4 Å². The van der Waals surface area contributed by atoms with Crippen LogP contribution in [0.25, 0.3) is 5.57 Å². The van der Waals surface area contributed by atoms with Crippen LogP contribution in [0.15, 0.2) is 42.5 Å². The summed E-state index contributed by atoms with van der Waals surface area (Å²) in [6.45, 7) is 4.62. The topological polar surface area (TPSA) is 70.7 Å². The van der Waals surface area contributed by atoms with Crippen molar-refractivity contribution in [3.8, 4) is 5.75 Å². The van der Waals surface area contributed by atoms with Gasteiger partial charge < -0.3 is 20.3 Å². The number of allylic oxidation sites excluding steroid dienone is 1. The van der Waals surface area contributed by atoms with Crippen LogP contribution in [0.1, 0.15) is 43.4 Å². The van der Waals surface area contributed by atoms with E-state index in [-0.39, 0.29) is 24.4 Å². The molecule has 6 nitrogen and oxygen atoms in total. The Balaban J connectivity index is 1.54. The van der Waals surface area contributed by atoms with Gasteiger partial charge in [0.05, 0.1) is 12.2 Å². The summed E-state index contributed by atoms with van der Waals surface area (Å²) in [6.07, 6.45) is -2.01. The Labute approximate surface area is 189 Å². The molecular weight excluding hydrogens is 435 g/mol. The number of hydrogen-bond acceptors (Lipinski definition) is 3. The molecule has 2 heterocycles. The van der Waals surface area contributed by atoms with Gasteiger partial charge in [0.2, 0.25) is 5.91 Å². The molecule has 0 atom stereocenters. The summed E-state index contributed by atoms with van der Waals surface area (Å²) in [5, 5.41) is 5.61. The van der Waals surface area contributed by atoms with Crippen LogP contribution >= 0.6 is 0 Å². The second-order valence-corrected chi connectivity index (χ2v) is 8.34. The van der Waals surface area contributed by atoms with E-state index < -0.39 is 17.6 Å². The van der Waals surface area contributed by atoms with E-state index in [1.807, 2.05) is 19.9 Å². The summed E-state index contributed by atoms with van der Waals surface area (Å²) in [6, 6.07) is 8.47. The molecule has 0 spiro atoms. The molecule has 0 radical (unpaired) electrons. The van der Waals surface area contributed by atoms with Gasteiger partial charge in [-0.1, -0.05) is 12.1 Å².